The summed E-state index contributed by atoms with van der Waals surface area (Å²) in [7, 11) is 4.15. The first-order valence-corrected chi connectivity index (χ1v) is 4.59. The molecule has 0 aromatic heterocycles. The zero-order chi connectivity index (χ0) is 9.14. The van der Waals surface area contributed by atoms with Crippen LogP contribution in [0.2, 0.25) is 0 Å². The molecule has 0 aliphatic carbocycles. The maximum absolute atomic E-state index is 11.3. The summed E-state index contributed by atoms with van der Waals surface area (Å²) in [5, 5.41) is 0. The third-order valence-corrected chi connectivity index (χ3v) is 2.55. The van der Waals surface area contributed by atoms with Crippen molar-refractivity contribution in [2.75, 3.05) is 27.2 Å². The van der Waals surface area contributed by atoms with Gasteiger partial charge in [0.15, 0.2) is 0 Å². The van der Waals surface area contributed by atoms with Crippen LogP contribution in [0.5, 0.6) is 0 Å². The molecular weight excluding hydrogens is 152 g/mol. The molecule has 1 aliphatic rings. The summed E-state index contributed by atoms with van der Waals surface area (Å²) in [6.45, 7) is 3.78. The molecular formula is C9H18N2O. The Bertz CT molecular complexity index is 168. The van der Waals surface area contributed by atoms with Crippen molar-refractivity contribution >= 4 is 5.91 Å². The molecule has 1 amide bonds. The van der Waals surface area contributed by atoms with Gasteiger partial charge in [-0.3, -0.25) is 4.79 Å². The maximum Gasteiger partial charge on any atom is 0.222 e. The van der Waals surface area contributed by atoms with Gasteiger partial charge in [0.05, 0.1) is 0 Å². The molecule has 1 rings (SSSR count). The fourth-order valence-electron chi connectivity index (χ4n) is 1.61. The van der Waals surface area contributed by atoms with Gasteiger partial charge >= 0.3 is 0 Å². The molecule has 0 spiro atoms. The minimum atomic E-state index is 0.291. The summed E-state index contributed by atoms with van der Waals surface area (Å²) >= 11 is 0. The van der Waals surface area contributed by atoms with Gasteiger partial charge in [0.25, 0.3) is 0 Å². The lowest BCUT2D eigenvalue weighted by atomic mass is 10.2. The monoisotopic (exact) mass is 170 g/mol. The quantitative estimate of drug-likeness (QED) is 0.604. The van der Waals surface area contributed by atoms with E-state index in [-0.39, 0.29) is 0 Å². The summed E-state index contributed by atoms with van der Waals surface area (Å²) in [6, 6.07) is 0.570. The predicted octanol–water partition coefficient (Wildman–Crippen LogP) is 0.559. The average Bonchev–Trinajstić information content (AvgIpc) is 2.51. The second-order valence-electron chi connectivity index (χ2n) is 3.60. The van der Waals surface area contributed by atoms with Crippen molar-refractivity contribution in [1.29, 1.82) is 0 Å². The molecule has 3 nitrogen and oxygen atoms in total. The van der Waals surface area contributed by atoms with Crippen LogP contribution in [0.25, 0.3) is 0 Å². The first kappa shape index (κ1) is 9.52. The van der Waals surface area contributed by atoms with Crippen LogP contribution in [-0.2, 0) is 4.79 Å². The standard InChI is InChI=1S/C9H18N2O/c1-4-9(12)11-6-5-8(7-11)10(2)3/h8H,4-7H2,1-3H3/t8-/m0/s1. The Morgan fingerprint density at radius 1 is 1.58 bits per heavy atom. The summed E-state index contributed by atoms with van der Waals surface area (Å²) < 4.78 is 0. The number of likely N-dealkylation sites (tertiary alicyclic amines) is 1. The van der Waals surface area contributed by atoms with Gasteiger partial charge in [-0.1, -0.05) is 6.92 Å². The Morgan fingerprint density at radius 3 is 2.67 bits per heavy atom. The Morgan fingerprint density at radius 2 is 2.25 bits per heavy atom. The van der Waals surface area contributed by atoms with Crippen molar-refractivity contribution in [3.05, 3.63) is 0 Å². The summed E-state index contributed by atoms with van der Waals surface area (Å²) in [5.74, 6) is 0.291. The first-order valence-electron chi connectivity index (χ1n) is 4.59. The number of rotatable bonds is 2. The van der Waals surface area contributed by atoms with Gasteiger partial charge in [-0.05, 0) is 20.5 Å². The third kappa shape index (κ3) is 1.97. The molecule has 1 saturated heterocycles. The Hall–Kier alpha value is -0.570. The molecule has 0 unspecified atom stereocenters. The van der Waals surface area contributed by atoms with Crippen LogP contribution < -0.4 is 0 Å². The third-order valence-electron chi connectivity index (χ3n) is 2.55. The van der Waals surface area contributed by atoms with Crippen LogP contribution in [0.4, 0.5) is 0 Å². The average molecular weight is 170 g/mol. The summed E-state index contributed by atoms with van der Waals surface area (Å²) in [4.78, 5) is 15.4. The van der Waals surface area contributed by atoms with Crippen LogP contribution in [0, 0.1) is 0 Å². The smallest absolute Gasteiger partial charge is 0.222 e. The number of carbonyl (C=O) groups is 1. The van der Waals surface area contributed by atoms with Crippen molar-refractivity contribution in [2.24, 2.45) is 0 Å². The fraction of sp³-hybridized carbons (Fsp3) is 0.889. The fourth-order valence-corrected chi connectivity index (χ4v) is 1.61. The topological polar surface area (TPSA) is 23.6 Å². The molecule has 0 aromatic carbocycles. The number of hydrogen-bond donors (Lipinski definition) is 0. The van der Waals surface area contributed by atoms with E-state index >= 15 is 0 Å². The van der Waals surface area contributed by atoms with Gasteiger partial charge in [-0.2, -0.15) is 0 Å². The SMILES string of the molecule is CCC(=O)N1CC[C@H](N(C)C)C1. The molecule has 0 aromatic rings. The lowest BCUT2D eigenvalue weighted by Gasteiger charge is -2.19. The minimum Gasteiger partial charge on any atom is -0.341 e. The van der Waals surface area contributed by atoms with E-state index in [4.69, 9.17) is 0 Å². The van der Waals surface area contributed by atoms with Gasteiger partial charge in [0.1, 0.15) is 0 Å². The zero-order valence-electron chi connectivity index (χ0n) is 8.21. The first-order chi connectivity index (χ1) is 5.65. The second-order valence-corrected chi connectivity index (χ2v) is 3.60. The molecule has 1 aliphatic heterocycles. The predicted molar refractivity (Wildman–Crippen MR) is 49.0 cm³/mol. The van der Waals surface area contributed by atoms with Gasteiger partial charge in [0.2, 0.25) is 5.91 Å². The number of carbonyl (C=O) groups excluding carboxylic acids is 1. The van der Waals surface area contributed by atoms with Crippen LogP contribution in [0.15, 0.2) is 0 Å². The van der Waals surface area contributed by atoms with Gasteiger partial charge in [0, 0.05) is 25.6 Å². The Balaban J connectivity index is 2.40. The highest BCUT2D eigenvalue weighted by molar-refractivity contribution is 5.76. The molecule has 0 N–H and O–H groups in total. The molecule has 0 bridgehead atoms. The van der Waals surface area contributed by atoms with E-state index in [1.807, 2.05) is 11.8 Å². The highest BCUT2D eigenvalue weighted by Gasteiger charge is 2.25. The molecule has 1 atom stereocenters. The Labute approximate surface area is 74.3 Å². The van der Waals surface area contributed by atoms with Crippen LogP contribution >= 0.6 is 0 Å². The number of amides is 1. The van der Waals surface area contributed by atoms with Crippen molar-refractivity contribution in [2.45, 2.75) is 25.8 Å². The summed E-state index contributed by atoms with van der Waals surface area (Å²) in [5.41, 5.74) is 0. The van der Waals surface area contributed by atoms with Gasteiger partial charge in [-0.15, -0.1) is 0 Å². The van der Waals surface area contributed by atoms with Crippen molar-refractivity contribution in [3.8, 4) is 0 Å². The van der Waals surface area contributed by atoms with E-state index in [1.165, 1.54) is 0 Å². The number of nitrogens with zero attached hydrogens (tertiary/aromatic N) is 2. The lowest BCUT2D eigenvalue weighted by Crippen LogP contribution is -2.34. The second kappa shape index (κ2) is 3.90. The number of likely N-dealkylation sites (N-methyl/N-ethyl adjacent to an activating group) is 1. The summed E-state index contributed by atoms with van der Waals surface area (Å²) in [6.07, 6.45) is 1.76. The molecule has 1 fully saturated rings. The van der Waals surface area contributed by atoms with E-state index in [0.29, 0.717) is 18.4 Å². The normalized spacial score (nSPS) is 23.7. The zero-order valence-corrected chi connectivity index (χ0v) is 8.21. The molecule has 0 radical (unpaired) electrons. The van der Waals surface area contributed by atoms with Gasteiger partial charge < -0.3 is 9.80 Å². The van der Waals surface area contributed by atoms with E-state index in [2.05, 4.69) is 19.0 Å². The molecule has 70 valence electrons. The number of hydrogen-bond acceptors (Lipinski definition) is 2. The molecule has 1 heterocycles. The molecule has 3 heteroatoms. The van der Waals surface area contributed by atoms with E-state index in [0.717, 1.165) is 19.5 Å². The van der Waals surface area contributed by atoms with Crippen LogP contribution in [0.3, 0.4) is 0 Å². The maximum atomic E-state index is 11.3. The van der Waals surface area contributed by atoms with Crippen LogP contribution in [-0.4, -0.2) is 48.9 Å². The molecule has 12 heavy (non-hydrogen) atoms. The highest BCUT2D eigenvalue weighted by atomic mass is 16.2. The van der Waals surface area contributed by atoms with Crippen LogP contribution in [0.1, 0.15) is 19.8 Å². The molecule has 0 saturated carbocycles. The van der Waals surface area contributed by atoms with E-state index in [9.17, 15) is 4.79 Å². The highest BCUT2D eigenvalue weighted by Crippen LogP contribution is 2.13. The Kier molecular flexibility index (Phi) is 3.09. The lowest BCUT2D eigenvalue weighted by molar-refractivity contribution is -0.129. The largest absolute Gasteiger partial charge is 0.341 e. The van der Waals surface area contributed by atoms with Crippen molar-refractivity contribution in [3.63, 3.8) is 0 Å². The van der Waals surface area contributed by atoms with E-state index < -0.39 is 0 Å². The minimum absolute atomic E-state index is 0.291. The van der Waals surface area contributed by atoms with Crippen molar-refractivity contribution in [1.82, 2.24) is 9.80 Å². The van der Waals surface area contributed by atoms with Gasteiger partial charge in [-0.25, -0.2) is 0 Å². The van der Waals surface area contributed by atoms with Crippen molar-refractivity contribution < 1.29 is 4.79 Å². The van der Waals surface area contributed by atoms with E-state index in [1.54, 1.807) is 0 Å².